The lowest BCUT2D eigenvalue weighted by Crippen LogP contribution is -2.30. The minimum absolute atomic E-state index is 0.0539. The third kappa shape index (κ3) is 4.28. The van der Waals surface area contributed by atoms with Crippen LogP contribution in [0.1, 0.15) is 30.9 Å². The normalized spacial score (nSPS) is 12.5. The predicted octanol–water partition coefficient (Wildman–Crippen LogP) is 3.32. The number of fused-ring (bicyclic) bond motifs is 1. The SMILES string of the molecule is Cc1cc(OC[C@@H](O)Cn2cnc3ncccc3c2=O)c(C(C)C)cc1Cl. The molecule has 7 heteroatoms. The zero-order valence-electron chi connectivity index (χ0n) is 15.5. The summed E-state index contributed by atoms with van der Waals surface area (Å²) >= 11 is 6.21. The number of aryl methyl sites for hydroxylation is 1. The van der Waals surface area contributed by atoms with E-state index in [0.29, 0.717) is 21.8 Å². The summed E-state index contributed by atoms with van der Waals surface area (Å²) in [5.41, 5.74) is 2.04. The van der Waals surface area contributed by atoms with Gasteiger partial charge in [0.25, 0.3) is 5.56 Å². The standard InChI is InChI=1S/C20H22ClN3O3/c1-12(2)16-8-17(21)13(3)7-18(16)27-10-14(25)9-24-11-23-19-15(20(24)26)5-4-6-22-19/h4-8,11-12,14,25H,9-10H2,1-3H3/t14-/m0/s1. The van der Waals surface area contributed by atoms with Crippen LogP contribution in [0.15, 0.2) is 41.6 Å². The van der Waals surface area contributed by atoms with Gasteiger partial charge in [0.2, 0.25) is 0 Å². The molecule has 2 aromatic heterocycles. The van der Waals surface area contributed by atoms with Crippen molar-refractivity contribution in [3.8, 4) is 5.75 Å². The molecule has 0 aliphatic heterocycles. The number of aliphatic hydroxyl groups is 1. The van der Waals surface area contributed by atoms with E-state index in [1.54, 1.807) is 18.3 Å². The second-order valence-corrected chi connectivity index (χ2v) is 7.24. The first-order valence-corrected chi connectivity index (χ1v) is 9.15. The molecular formula is C20H22ClN3O3. The summed E-state index contributed by atoms with van der Waals surface area (Å²) < 4.78 is 7.21. The molecule has 27 heavy (non-hydrogen) atoms. The molecule has 0 fully saturated rings. The molecule has 1 aromatic carbocycles. The molecule has 0 aliphatic rings. The van der Waals surface area contributed by atoms with Crippen LogP contribution >= 0.6 is 11.6 Å². The van der Waals surface area contributed by atoms with Crippen LogP contribution in [0.5, 0.6) is 5.75 Å². The van der Waals surface area contributed by atoms with Crippen molar-refractivity contribution in [1.29, 1.82) is 0 Å². The van der Waals surface area contributed by atoms with Gasteiger partial charge in [0, 0.05) is 11.2 Å². The first kappa shape index (κ1) is 19.3. The van der Waals surface area contributed by atoms with Gasteiger partial charge in [-0.2, -0.15) is 0 Å². The monoisotopic (exact) mass is 387 g/mol. The van der Waals surface area contributed by atoms with E-state index in [0.717, 1.165) is 11.1 Å². The van der Waals surface area contributed by atoms with E-state index < -0.39 is 6.10 Å². The highest BCUT2D eigenvalue weighted by Crippen LogP contribution is 2.32. The van der Waals surface area contributed by atoms with Crippen LogP contribution in [0, 0.1) is 6.92 Å². The van der Waals surface area contributed by atoms with Crippen LogP contribution in [-0.4, -0.2) is 32.4 Å². The topological polar surface area (TPSA) is 77.2 Å². The molecule has 3 rings (SSSR count). The highest BCUT2D eigenvalue weighted by molar-refractivity contribution is 6.31. The number of nitrogens with zero attached hydrogens (tertiary/aromatic N) is 3. The van der Waals surface area contributed by atoms with Gasteiger partial charge in [0.15, 0.2) is 5.65 Å². The van der Waals surface area contributed by atoms with Crippen LogP contribution in [0.25, 0.3) is 11.0 Å². The lowest BCUT2D eigenvalue weighted by Gasteiger charge is -2.18. The van der Waals surface area contributed by atoms with Crippen LogP contribution in [0.4, 0.5) is 0 Å². The Labute approximate surface area is 162 Å². The molecule has 6 nitrogen and oxygen atoms in total. The van der Waals surface area contributed by atoms with Crippen LogP contribution < -0.4 is 10.3 Å². The van der Waals surface area contributed by atoms with Crippen LogP contribution in [0.3, 0.4) is 0 Å². The molecule has 2 heterocycles. The molecule has 0 aliphatic carbocycles. The van der Waals surface area contributed by atoms with Gasteiger partial charge >= 0.3 is 0 Å². The lowest BCUT2D eigenvalue weighted by molar-refractivity contribution is 0.0908. The summed E-state index contributed by atoms with van der Waals surface area (Å²) in [7, 11) is 0. The van der Waals surface area contributed by atoms with Crippen molar-refractivity contribution in [3.05, 3.63) is 63.3 Å². The number of hydrogen-bond acceptors (Lipinski definition) is 5. The number of pyridine rings is 1. The van der Waals surface area contributed by atoms with Gasteiger partial charge in [-0.15, -0.1) is 0 Å². The summed E-state index contributed by atoms with van der Waals surface area (Å²) in [6.07, 6.45) is 2.12. The smallest absolute Gasteiger partial charge is 0.262 e. The van der Waals surface area contributed by atoms with Gasteiger partial charge < -0.3 is 9.84 Å². The molecule has 0 unspecified atom stereocenters. The molecule has 142 valence electrons. The maximum Gasteiger partial charge on any atom is 0.262 e. The van der Waals surface area contributed by atoms with Crippen molar-refractivity contribution in [1.82, 2.24) is 14.5 Å². The fourth-order valence-corrected chi connectivity index (χ4v) is 3.01. The van der Waals surface area contributed by atoms with Gasteiger partial charge in [0.1, 0.15) is 24.8 Å². The number of aliphatic hydroxyl groups excluding tert-OH is 1. The molecule has 0 bridgehead atoms. The van der Waals surface area contributed by atoms with Crippen molar-refractivity contribution >= 4 is 22.6 Å². The van der Waals surface area contributed by atoms with E-state index in [1.165, 1.54) is 10.9 Å². The Hall–Kier alpha value is -2.44. The lowest BCUT2D eigenvalue weighted by atomic mass is 10.0. The third-order valence-electron chi connectivity index (χ3n) is 4.35. The fraction of sp³-hybridized carbons (Fsp3) is 0.350. The number of aromatic nitrogens is 3. The van der Waals surface area contributed by atoms with Gasteiger partial charge in [-0.05, 0) is 48.2 Å². The molecule has 1 atom stereocenters. The van der Waals surface area contributed by atoms with E-state index in [2.05, 4.69) is 23.8 Å². The summed E-state index contributed by atoms with van der Waals surface area (Å²) in [6, 6.07) is 7.13. The number of ether oxygens (including phenoxy) is 1. The number of benzene rings is 1. The minimum Gasteiger partial charge on any atom is -0.491 e. The van der Waals surface area contributed by atoms with Crippen molar-refractivity contribution in [2.75, 3.05) is 6.61 Å². The van der Waals surface area contributed by atoms with E-state index >= 15 is 0 Å². The quantitative estimate of drug-likeness (QED) is 0.702. The summed E-state index contributed by atoms with van der Waals surface area (Å²) in [5.74, 6) is 0.925. The van der Waals surface area contributed by atoms with E-state index in [1.807, 2.05) is 19.1 Å². The summed E-state index contributed by atoms with van der Waals surface area (Å²) in [6.45, 7) is 6.15. The van der Waals surface area contributed by atoms with Crippen molar-refractivity contribution in [2.24, 2.45) is 0 Å². The molecule has 0 saturated carbocycles. The highest BCUT2D eigenvalue weighted by Gasteiger charge is 2.14. The van der Waals surface area contributed by atoms with E-state index in [-0.39, 0.29) is 24.6 Å². The van der Waals surface area contributed by atoms with Gasteiger partial charge in [-0.1, -0.05) is 25.4 Å². The second kappa shape index (κ2) is 8.06. The Morgan fingerprint density at radius 1 is 1.30 bits per heavy atom. The molecule has 3 aromatic rings. The second-order valence-electron chi connectivity index (χ2n) is 6.84. The first-order valence-electron chi connectivity index (χ1n) is 8.78. The largest absolute Gasteiger partial charge is 0.491 e. The minimum atomic E-state index is -0.866. The van der Waals surface area contributed by atoms with Gasteiger partial charge in [-0.3, -0.25) is 9.36 Å². The van der Waals surface area contributed by atoms with E-state index in [4.69, 9.17) is 16.3 Å². The van der Waals surface area contributed by atoms with E-state index in [9.17, 15) is 9.90 Å². The Bertz CT molecular complexity index is 1020. The van der Waals surface area contributed by atoms with Gasteiger partial charge in [-0.25, -0.2) is 9.97 Å². The molecule has 0 amide bonds. The van der Waals surface area contributed by atoms with Crippen molar-refractivity contribution in [2.45, 2.75) is 39.3 Å². The number of rotatable bonds is 6. The predicted molar refractivity (Wildman–Crippen MR) is 106 cm³/mol. The average Bonchev–Trinajstić information content (AvgIpc) is 2.64. The number of halogens is 1. The Morgan fingerprint density at radius 3 is 2.81 bits per heavy atom. The molecular weight excluding hydrogens is 366 g/mol. The van der Waals surface area contributed by atoms with Crippen molar-refractivity contribution < 1.29 is 9.84 Å². The Kier molecular flexibility index (Phi) is 5.77. The average molecular weight is 388 g/mol. The fourth-order valence-electron chi connectivity index (χ4n) is 2.84. The maximum absolute atomic E-state index is 12.5. The molecule has 0 saturated heterocycles. The molecule has 0 radical (unpaired) electrons. The third-order valence-corrected chi connectivity index (χ3v) is 4.76. The highest BCUT2D eigenvalue weighted by atomic mass is 35.5. The summed E-state index contributed by atoms with van der Waals surface area (Å²) in [5, 5.41) is 11.5. The Morgan fingerprint density at radius 2 is 2.07 bits per heavy atom. The van der Waals surface area contributed by atoms with Crippen molar-refractivity contribution in [3.63, 3.8) is 0 Å². The molecule has 1 N–H and O–H groups in total. The zero-order chi connectivity index (χ0) is 19.6. The number of hydrogen-bond donors (Lipinski definition) is 1. The first-order chi connectivity index (χ1) is 12.9. The molecule has 0 spiro atoms. The Balaban J connectivity index is 1.74. The van der Waals surface area contributed by atoms with Crippen LogP contribution in [0.2, 0.25) is 5.02 Å². The summed E-state index contributed by atoms with van der Waals surface area (Å²) in [4.78, 5) is 20.7. The zero-order valence-corrected chi connectivity index (χ0v) is 16.3. The van der Waals surface area contributed by atoms with Gasteiger partial charge in [0.05, 0.1) is 11.9 Å². The maximum atomic E-state index is 12.5. The van der Waals surface area contributed by atoms with Crippen LogP contribution in [-0.2, 0) is 6.54 Å².